The van der Waals surface area contributed by atoms with E-state index in [0.29, 0.717) is 0 Å². The third-order valence-electron chi connectivity index (χ3n) is 3.52. The molecule has 0 aromatic heterocycles. The summed E-state index contributed by atoms with van der Waals surface area (Å²) in [5, 5.41) is 10.3. The van der Waals surface area contributed by atoms with Gasteiger partial charge in [-0.15, -0.1) is 0 Å². The van der Waals surface area contributed by atoms with E-state index in [2.05, 4.69) is 0 Å². The van der Waals surface area contributed by atoms with Crippen molar-refractivity contribution in [3.63, 3.8) is 0 Å². The molecule has 0 aliphatic carbocycles. The Morgan fingerprint density at radius 2 is 2.06 bits per heavy atom. The topological polar surface area (TPSA) is 40.5 Å². The number of aliphatic hydroxyl groups is 1. The Morgan fingerprint density at radius 3 is 2.61 bits per heavy atom. The molecule has 1 unspecified atom stereocenters. The standard InChI is InChI=1S/C15H21NO2/c1-10(17)16-8-7-11-9-12(5-6-13(11)16)14(18)15(2,3)4/h5-6,9,14,18H,7-8H2,1-4H3. The van der Waals surface area contributed by atoms with Crippen LogP contribution in [-0.4, -0.2) is 17.6 Å². The monoisotopic (exact) mass is 247 g/mol. The summed E-state index contributed by atoms with van der Waals surface area (Å²) in [6.07, 6.45) is 0.397. The van der Waals surface area contributed by atoms with Gasteiger partial charge < -0.3 is 10.0 Å². The van der Waals surface area contributed by atoms with Gasteiger partial charge in [-0.1, -0.05) is 32.9 Å². The Labute approximate surface area is 108 Å². The highest BCUT2D eigenvalue weighted by Gasteiger charge is 2.27. The van der Waals surface area contributed by atoms with Crippen molar-refractivity contribution in [3.05, 3.63) is 29.3 Å². The van der Waals surface area contributed by atoms with E-state index < -0.39 is 6.10 Å². The Hall–Kier alpha value is -1.35. The second-order valence-corrected chi connectivity index (χ2v) is 6.08. The lowest BCUT2D eigenvalue weighted by molar-refractivity contribution is -0.116. The van der Waals surface area contributed by atoms with Crippen LogP contribution < -0.4 is 4.90 Å². The molecule has 1 aromatic rings. The summed E-state index contributed by atoms with van der Waals surface area (Å²) < 4.78 is 0. The van der Waals surface area contributed by atoms with Gasteiger partial charge in [0.1, 0.15) is 0 Å². The quantitative estimate of drug-likeness (QED) is 0.829. The second-order valence-electron chi connectivity index (χ2n) is 6.08. The van der Waals surface area contributed by atoms with Crippen LogP contribution in [0, 0.1) is 5.41 Å². The summed E-state index contributed by atoms with van der Waals surface area (Å²) >= 11 is 0. The number of carbonyl (C=O) groups excluding carboxylic acids is 1. The number of fused-ring (bicyclic) bond motifs is 1. The predicted molar refractivity (Wildman–Crippen MR) is 72.6 cm³/mol. The van der Waals surface area contributed by atoms with Gasteiger partial charge in [0.05, 0.1) is 6.10 Å². The van der Waals surface area contributed by atoms with Crippen LogP contribution in [0.1, 0.15) is 44.9 Å². The van der Waals surface area contributed by atoms with E-state index in [4.69, 9.17) is 0 Å². The van der Waals surface area contributed by atoms with Crippen molar-refractivity contribution in [1.82, 2.24) is 0 Å². The number of hydrogen-bond donors (Lipinski definition) is 1. The average molecular weight is 247 g/mol. The van der Waals surface area contributed by atoms with Crippen molar-refractivity contribution in [3.8, 4) is 0 Å². The van der Waals surface area contributed by atoms with Crippen LogP contribution in [0.3, 0.4) is 0 Å². The van der Waals surface area contributed by atoms with Gasteiger partial charge in [-0.05, 0) is 29.0 Å². The second kappa shape index (κ2) is 4.39. The maximum Gasteiger partial charge on any atom is 0.223 e. The Bertz CT molecular complexity index is 474. The van der Waals surface area contributed by atoms with E-state index >= 15 is 0 Å². The molecule has 1 aliphatic heterocycles. The molecule has 0 spiro atoms. The molecule has 1 aliphatic rings. The molecular formula is C15H21NO2. The number of carbonyl (C=O) groups is 1. The van der Waals surface area contributed by atoms with Gasteiger partial charge in [-0.3, -0.25) is 4.79 Å². The maximum atomic E-state index is 11.5. The number of anilines is 1. The van der Waals surface area contributed by atoms with Crippen LogP contribution in [0.4, 0.5) is 5.69 Å². The average Bonchev–Trinajstić information content (AvgIpc) is 2.69. The molecule has 0 bridgehead atoms. The van der Waals surface area contributed by atoms with Gasteiger partial charge in [0.15, 0.2) is 0 Å². The van der Waals surface area contributed by atoms with Crippen LogP contribution in [0.5, 0.6) is 0 Å². The highest BCUT2D eigenvalue weighted by atomic mass is 16.3. The van der Waals surface area contributed by atoms with Crippen molar-refractivity contribution >= 4 is 11.6 Å². The zero-order valence-electron chi connectivity index (χ0n) is 11.5. The zero-order valence-corrected chi connectivity index (χ0v) is 11.5. The Balaban J connectivity index is 2.33. The molecule has 3 heteroatoms. The molecule has 1 amide bonds. The third-order valence-corrected chi connectivity index (χ3v) is 3.52. The number of benzene rings is 1. The van der Waals surface area contributed by atoms with Gasteiger partial charge in [0, 0.05) is 19.2 Å². The van der Waals surface area contributed by atoms with Crippen LogP contribution in [0.15, 0.2) is 18.2 Å². The fourth-order valence-corrected chi connectivity index (χ4v) is 2.42. The fraction of sp³-hybridized carbons (Fsp3) is 0.533. The summed E-state index contributed by atoms with van der Waals surface area (Å²) in [6, 6.07) is 5.91. The lowest BCUT2D eigenvalue weighted by Gasteiger charge is -2.26. The van der Waals surface area contributed by atoms with Crippen molar-refractivity contribution in [2.75, 3.05) is 11.4 Å². The summed E-state index contributed by atoms with van der Waals surface area (Å²) in [5.74, 6) is 0.0814. The molecule has 0 radical (unpaired) electrons. The molecule has 1 heterocycles. The van der Waals surface area contributed by atoms with Crippen molar-refractivity contribution in [1.29, 1.82) is 0 Å². The minimum Gasteiger partial charge on any atom is -0.388 e. The molecule has 1 N–H and O–H groups in total. The molecular weight excluding hydrogens is 226 g/mol. The Morgan fingerprint density at radius 1 is 1.39 bits per heavy atom. The number of amides is 1. The molecule has 18 heavy (non-hydrogen) atoms. The smallest absolute Gasteiger partial charge is 0.223 e. The van der Waals surface area contributed by atoms with Crippen LogP contribution in [-0.2, 0) is 11.2 Å². The number of aliphatic hydroxyl groups excluding tert-OH is 1. The van der Waals surface area contributed by atoms with Gasteiger partial charge >= 0.3 is 0 Å². The zero-order chi connectivity index (χ0) is 13.5. The van der Waals surface area contributed by atoms with Gasteiger partial charge in [-0.25, -0.2) is 0 Å². The SMILES string of the molecule is CC(=O)N1CCc2cc(C(O)C(C)(C)C)ccc21. The third kappa shape index (κ3) is 2.27. The normalized spacial score (nSPS) is 16.6. The van der Waals surface area contributed by atoms with Crippen LogP contribution >= 0.6 is 0 Å². The molecule has 0 fully saturated rings. The first-order valence-corrected chi connectivity index (χ1v) is 6.39. The summed E-state index contributed by atoms with van der Waals surface area (Å²) in [5.41, 5.74) is 2.91. The summed E-state index contributed by atoms with van der Waals surface area (Å²) in [6.45, 7) is 8.40. The minimum atomic E-state index is -0.478. The van der Waals surface area contributed by atoms with E-state index in [1.54, 1.807) is 11.8 Å². The lowest BCUT2D eigenvalue weighted by Crippen LogP contribution is -2.25. The van der Waals surface area contributed by atoms with Gasteiger partial charge in [-0.2, -0.15) is 0 Å². The van der Waals surface area contributed by atoms with E-state index in [9.17, 15) is 9.90 Å². The minimum absolute atomic E-state index is 0.0814. The molecule has 1 aromatic carbocycles. The molecule has 0 saturated heterocycles. The maximum absolute atomic E-state index is 11.5. The number of hydrogen-bond acceptors (Lipinski definition) is 2. The molecule has 1 atom stereocenters. The number of nitrogens with zero attached hydrogens (tertiary/aromatic N) is 1. The largest absolute Gasteiger partial charge is 0.388 e. The highest BCUT2D eigenvalue weighted by Crippen LogP contribution is 2.36. The molecule has 0 saturated carbocycles. The van der Waals surface area contributed by atoms with Crippen molar-refractivity contribution in [2.45, 2.75) is 40.2 Å². The van der Waals surface area contributed by atoms with E-state index in [1.165, 1.54) is 0 Å². The van der Waals surface area contributed by atoms with Crippen molar-refractivity contribution in [2.24, 2.45) is 5.41 Å². The highest BCUT2D eigenvalue weighted by molar-refractivity contribution is 5.93. The van der Waals surface area contributed by atoms with Crippen LogP contribution in [0.2, 0.25) is 0 Å². The first-order valence-electron chi connectivity index (χ1n) is 6.39. The molecule has 2 rings (SSSR count). The lowest BCUT2D eigenvalue weighted by atomic mass is 9.84. The van der Waals surface area contributed by atoms with E-state index in [-0.39, 0.29) is 11.3 Å². The first-order chi connectivity index (χ1) is 8.30. The van der Waals surface area contributed by atoms with E-state index in [1.807, 2.05) is 39.0 Å². The summed E-state index contributed by atoms with van der Waals surface area (Å²) in [4.78, 5) is 13.3. The summed E-state index contributed by atoms with van der Waals surface area (Å²) in [7, 11) is 0. The van der Waals surface area contributed by atoms with E-state index in [0.717, 1.165) is 29.8 Å². The van der Waals surface area contributed by atoms with Gasteiger partial charge in [0.2, 0.25) is 5.91 Å². The Kier molecular flexibility index (Phi) is 3.20. The van der Waals surface area contributed by atoms with Crippen LogP contribution in [0.25, 0.3) is 0 Å². The van der Waals surface area contributed by atoms with Gasteiger partial charge in [0.25, 0.3) is 0 Å². The number of rotatable bonds is 1. The first kappa shape index (κ1) is 13.1. The van der Waals surface area contributed by atoms with Crippen molar-refractivity contribution < 1.29 is 9.90 Å². The molecule has 3 nitrogen and oxygen atoms in total. The predicted octanol–water partition coefficient (Wildman–Crippen LogP) is 2.68. The fourth-order valence-electron chi connectivity index (χ4n) is 2.42. The molecule has 98 valence electrons.